The van der Waals surface area contributed by atoms with E-state index in [1.165, 1.54) is 11.3 Å². The summed E-state index contributed by atoms with van der Waals surface area (Å²) in [4.78, 5) is 19.6. The van der Waals surface area contributed by atoms with Crippen LogP contribution in [0.3, 0.4) is 0 Å². The fourth-order valence-electron chi connectivity index (χ4n) is 4.48. The number of para-hydroxylation sites is 1. The average molecular weight is 408 g/mol. The molecule has 3 aromatic carbocycles. The molecule has 0 N–H and O–H groups in total. The molecule has 2 heterocycles. The van der Waals surface area contributed by atoms with Gasteiger partial charge in [-0.05, 0) is 60.9 Å². The molecule has 4 aromatic rings. The van der Waals surface area contributed by atoms with Gasteiger partial charge < -0.3 is 9.47 Å². The highest BCUT2D eigenvalue weighted by molar-refractivity contribution is 5.93. The van der Waals surface area contributed by atoms with Crippen molar-refractivity contribution in [3.8, 4) is 0 Å². The molecule has 1 aliphatic heterocycles. The van der Waals surface area contributed by atoms with Crippen LogP contribution >= 0.6 is 0 Å². The van der Waals surface area contributed by atoms with Crippen LogP contribution in [0.2, 0.25) is 0 Å². The molecule has 0 atom stereocenters. The average Bonchev–Trinajstić information content (AvgIpc) is 2.81. The Morgan fingerprint density at radius 3 is 2.42 bits per heavy atom. The zero-order chi connectivity index (χ0) is 21.4. The highest BCUT2D eigenvalue weighted by atomic mass is 16.1. The lowest BCUT2D eigenvalue weighted by atomic mass is 9.93. The molecule has 1 aromatic heterocycles. The van der Waals surface area contributed by atoms with Crippen molar-refractivity contribution >= 4 is 28.2 Å². The molecular weight excluding hydrogens is 382 g/mol. The first-order chi connectivity index (χ1) is 15.2. The molecule has 4 nitrogen and oxygen atoms in total. The first kappa shape index (κ1) is 19.3. The van der Waals surface area contributed by atoms with E-state index in [1.807, 2.05) is 30.3 Å². The number of fused-ring (bicyclic) bond motifs is 4. The normalized spacial score (nSPS) is 13.8. The predicted octanol–water partition coefficient (Wildman–Crippen LogP) is 5.19. The minimum absolute atomic E-state index is 0.177. The van der Waals surface area contributed by atoms with Crippen molar-refractivity contribution in [3.05, 3.63) is 106 Å². The van der Waals surface area contributed by atoms with Crippen molar-refractivity contribution < 1.29 is 0 Å². The summed E-state index contributed by atoms with van der Waals surface area (Å²) < 4.78 is 2.16. The Morgan fingerprint density at radius 1 is 0.935 bits per heavy atom. The molecule has 5 rings (SSSR count). The molecular formula is C27H25N3O. The van der Waals surface area contributed by atoms with Crippen LogP contribution in [0.1, 0.15) is 36.4 Å². The van der Waals surface area contributed by atoms with Crippen LogP contribution in [0.25, 0.3) is 22.6 Å². The van der Waals surface area contributed by atoms with Gasteiger partial charge in [-0.15, -0.1) is 0 Å². The van der Waals surface area contributed by atoms with Gasteiger partial charge in [-0.2, -0.15) is 4.98 Å². The van der Waals surface area contributed by atoms with Crippen LogP contribution in [-0.2, 0) is 6.54 Å². The summed E-state index contributed by atoms with van der Waals surface area (Å²) in [6, 6.07) is 24.7. The van der Waals surface area contributed by atoms with E-state index in [9.17, 15) is 4.79 Å². The number of anilines is 1. The minimum Gasteiger partial charge on any atom is -0.372 e. The molecule has 0 amide bonds. The van der Waals surface area contributed by atoms with Crippen LogP contribution in [0.5, 0.6) is 0 Å². The number of hydrogen-bond acceptors (Lipinski definition) is 3. The molecule has 1 aliphatic rings. The van der Waals surface area contributed by atoms with Gasteiger partial charge in [0, 0.05) is 24.4 Å². The standard InChI is InChI=1S/C27H25N3O/c1-3-29(4-2)21-15-13-19(14-16-21)17-24-22-10-6-5-9-20(22)18-30-25-12-8-7-11-23(25)27(31)28-26(24)30/h5-17H,3-4,18H2,1-2H3/b24-17+. The van der Waals surface area contributed by atoms with Crippen molar-refractivity contribution in [1.82, 2.24) is 9.55 Å². The van der Waals surface area contributed by atoms with E-state index in [0.29, 0.717) is 11.9 Å². The van der Waals surface area contributed by atoms with Gasteiger partial charge in [0.25, 0.3) is 5.56 Å². The van der Waals surface area contributed by atoms with Gasteiger partial charge in [-0.3, -0.25) is 4.79 Å². The summed E-state index contributed by atoms with van der Waals surface area (Å²) in [5.41, 5.74) is 6.42. The quantitative estimate of drug-likeness (QED) is 0.411. The summed E-state index contributed by atoms with van der Waals surface area (Å²) in [7, 11) is 0. The SMILES string of the molecule is CCN(CC)c1ccc(/C=C2\c3ccccc3Cn3c2nc(=O)c2ccccc23)cc1. The van der Waals surface area contributed by atoms with Gasteiger partial charge in [0.2, 0.25) is 0 Å². The maximum atomic E-state index is 12.8. The smallest absolute Gasteiger partial charge is 0.281 e. The van der Waals surface area contributed by atoms with E-state index in [2.05, 4.69) is 76.8 Å². The first-order valence-corrected chi connectivity index (χ1v) is 10.8. The lowest BCUT2D eigenvalue weighted by Gasteiger charge is -2.25. The number of hydrogen-bond donors (Lipinski definition) is 0. The summed E-state index contributed by atoms with van der Waals surface area (Å²) in [6.07, 6.45) is 2.15. The van der Waals surface area contributed by atoms with Crippen molar-refractivity contribution in [1.29, 1.82) is 0 Å². The third kappa shape index (κ3) is 3.34. The highest BCUT2D eigenvalue weighted by Crippen LogP contribution is 2.34. The second kappa shape index (κ2) is 7.88. The van der Waals surface area contributed by atoms with Crippen molar-refractivity contribution in [2.24, 2.45) is 0 Å². The minimum atomic E-state index is -0.177. The fourth-order valence-corrected chi connectivity index (χ4v) is 4.48. The maximum Gasteiger partial charge on any atom is 0.281 e. The summed E-state index contributed by atoms with van der Waals surface area (Å²) >= 11 is 0. The van der Waals surface area contributed by atoms with Gasteiger partial charge in [-0.1, -0.05) is 48.5 Å². The Balaban J connectivity index is 1.70. The highest BCUT2D eigenvalue weighted by Gasteiger charge is 2.23. The third-order valence-corrected chi connectivity index (χ3v) is 6.10. The fraction of sp³-hybridized carbons (Fsp3) is 0.185. The van der Waals surface area contributed by atoms with Gasteiger partial charge in [0.1, 0.15) is 5.82 Å². The molecule has 31 heavy (non-hydrogen) atoms. The van der Waals surface area contributed by atoms with E-state index in [1.54, 1.807) is 0 Å². The largest absolute Gasteiger partial charge is 0.372 e. The van der Waals surface area contributed by atoms with E-state index < -0.39 is 0 Å². The lowest BCUT2D eigenvalue weighted by Crippen LogP contribution is -2.23. The summed E-state index contributed by atoms with van der Waals surface area (Å²) in [6.45, 7) is 7.01. The molecule has 0 bridgehead atoms. The van der Waals surface area contributed by atoms with Crippen LogP contribution in [-0.4, -0.2) is 22.6 Å². The molecule has 154 valence electrons. The number of aromatic nitrogens is 2. The van der Waals surface area contributed by atoms with Crippen LogP contribution in [0, 0.1) is 0 Å². The van der Waals surface area contributed by atoms with Crippen molar-refractivity contribution in [2.75, 3.05) is 18.0 Å². The van der Waals surface area contributed by atoms with Crippen molar-refractivity contribution in [3.63, 3.8) is 0 Å². The van der Waals surface area contributed by atoms with Gasteiger partial charge >= 0.3 is 0 Å². The van der Waals surface area contributed by atoms with Crippen LogP contribution in [0.4, 0.5) is 5.69 Å². The molecule has 0 radical (unpaired) electrons. The van der Waals surface area contributed by atoms with Crippen LogP contribution < -0.4 is 10.5 Å². The lowest BCUT2D eigenvalue weighted by molar-refractivity contribution is 0.763. The van der Waals surface area contributed by atoms with E-state index in [-0.39, 0.29) is 5.56 Å². The molecule has 0 unspecified atom stereocenters. The predicted molar refractivity (Wildman–Crippen MR) is 129 cm³/mol. The molecule has 4 heteroatoms. The Labute approximate surface area is 182 Å². The maximum absolute atomic E-state index is 12.8. The number of nitrogens with zero attached hydrogens (tertiary/aromatic N) is 3. The molecule has 0 aliphatic carbocycles. The Hall–Kier alpha value is -3.66. The molecule has 0 fully saturated rings. The third-order valence-electron chi connectivity index (χ3n) is 6.10. The first-order valence-electron chi connectivity index (χ1n) is 10.8. The van der Waals surface area contributed by atoms with E-state index in [0.717, 1.165) is 41.1 Å². The van der Waals surface area contributed by atoms with Gasteiger partial charge in [-0.25, -0.2) is 0 Å². The Morgan fingerprint density at radius 2 is 1.65 bits per heavy atom. The van der Waals surface area contributed by atoms with Gasteiger partial charge in [0.05, 0.1) is 17.4 Å². The molecule has 0 saturated carbocycles. The zero-order valence-corrected chi connectivity index (χ0v) is 17.9. The zero-order valence-electron chi connectivity index (χ0n) is 17.9. The number of benzene rings is 3. The second-order valence-electron chi connectivity index (χ2n) is 7.82. The van der Waals surface area contributed by atoms with E-state index in [4.69, 9.17) is 0 Å². The van der Waals surface area contributed by atoms with E-state index >= 15 is 0 Å². The van der Waals surface area contributed by atoms with Gasteiger partial charge in [0.15, 0.2) is 0 Å². The second-order valence-corrected chi connectivity index (χ2v) is 7.82. The van der Waals surface area contributed by atoms with Crippen molar-refractivity contribution in [2.45, 2.75) is 20.4 Å². The molecule has 0 spiro atoms. The summed E-state index contributed by atoms with van der Waals surface area (Å²) in [5.74, 6) is 0.732. The molecule has 0 saturated heterocycles. The van der Waals surface area contributed by atoms with Crippen LogP contribution in [0.15, 0.2) is 77.6 Å². The number of rotatable bonds is 4. The Kier molecular flexibility index (Phi) is 4.91. The summed E-state index contributed by atoms with van der Waals surface area (Å²) in [5, 5.41) is 0.661. The Bertz CT molecular complexity index is 1350. The monoisotopic (exact) mass is 407 g/mol. The topological polar surface area (TPSA) is 38.1 Å².